The molecule has 1 heterocycles. The molecule has 2 aromatic rings. The molecule has 1 aromatic carbocycles. The van der Waals surface area contributed by atoms with Crippen LogP contribution < -0.4 is 10.1 Å². The van der Waals surface area contributed by atoms with Crippen LogP contribution in [0.15, 0.2) is 42.6 Å². The van der Waals surface area contributed by atoms with Gasteiger partial charge in [0, 0.05) is 23.9 Å². The second kappa shape index (κ2) is 6.27. The molecule has 7 heteroatoms. The van der Waals surface area contributed by atoms with Crippen LogP contribution in [0.25, 0.3) is 0 Å². The van der Waals surface area contributed by atoms with Crippen molar-refractivity contribution in [3.8, 4) is 5.75 Å². The highest BCUT2D eigenvalue weighted by atomic mass is 16.6. The van der Waals surface area contributed by atoms with Gasteiger partial charge in [-0.1, -0.05) is 12.1 Å². The number of carbonyl (C=O) groups is 1. The summed E-state index contributed by atoms with van der Waals surface area (Å²) < 4.78 is 4.99. The third-order valence-electron chi connectivity index (χ3n) is 4.30. The first kappa shape index (κ1) is 15.9. The zero-order chi connectivity index (χ0) is 17.2. The molecule has 1 N–H and O–H groups in total. The molecular formula is C17H17N3O4. The number of aromatic nitrogens is 1. The maximum absolute atomic E-state index is 12.5. The molecule has 0 radical (unpaired) electrons. The highest BCUT2D eigenvalue weighted by Gasteiger charge is 2.45. The molecule has 1 saturated carbocycles. The average Bonchev–Trinajstić information content (AvgIpc) is 3.40. The summed E-state index contributed by atoms with van der Waals surface area (Å²) in [5, 5.41) is 14.1. The van der Waals surface area contributed by atoms with Crippen molar-refractivity contribution in [2.45, 2.75) is 18.3 Å². The Bertz CT molecular complexity index is 773. The Morgan fingerprint density at radius 1 is 1.33 bits per heavy atom. The number of amides is 1. The first-order valence-electron chi connectivity index (χ1n) is 7.58. The van der Waals surface area contributed by atoms with Gasteiger partial charge in [0.25, 0.3) is 5.91 Å². The van der Waals surface area contributed by atoms with Crippen molar-refractivity contribution in [1.29, 1.82) is 0 Å². The Labute approximate surface area is 138 Å². The number of carbonyl (C=O) groups excluding carboxylic acids is 1. The molecule has 0 aliphatic heterocycles. The topological polar surface area (TPSA) is 94.4 Å². The number of nitrogens with zero attached hydrogens (tertiary/aromatic N) is 2. The van der Waals surface area contributed by atoms with E-state index in [1.54, 1.807) is 12.3 Å². The van der Waals surface area contributed by atoms with Crippen LogP contribution in [0, 0.1) is 10.1 Å². The number of ether oxygens (including phenoxy) is 1. The summed E-state index contributed by atoms with van der Waals surface area (Å²) in [5.74, 6) is -0.415. The van der Waals surface area contributed by atoms with Crippen LogP contribution in [0.3, 0.4) is 0 Å². The van der Waals surface area contributed by atoms with Crippen molar-refractivity contribution in [1.82, 2.24) is 10.3 Å². The van der Waals surface area contributed by atoms with Gasteiger partial charge < -0.3 is 10.1 Å². The van der Waals surface area contributed by atoms with Gasteiger partial charge in [0.2, 0.25) is 0 Å². The van der Waals surface area contributed by atoms with E-state index in [9.17, 15) is 14.9 Å². The van der Waals surface area contributed by atoms with E-state index in [4.69, 9.17) is 4.74 Å². The van der Waals surface area contributed by atoms with Gasteiger partial charge in [-0.25, -0.2) is 0 Å². The highest BCUT2D eigenvalue weighted by Crippen LogP contribution is 2.46. The van der Waals surface area contributed by atoms with Crippen molar-refractivity contribution in [3.05, 3.63) is 64.0 Å². The van der Waals surface area contributed by atoms with Gasteiger partial charge in [0.15, 0.2) is 5.75 Å². The molecule has 7 nitrogen and oxygen atoms in total. The number of nitro benzene ring substituents is 1. The summed E-state index contributed by atoms with van der Waals surface area (Å²) in [5.41, 5.74) is 0.451. The van der Waals surface area contributed by atoms with Crippen LogP contribution in [0.1, 0.15) is 28.9 Å². The zero-order valence-corrected chi connectivity index (χ0v) is 13.2. The Kier molecular flexibility index (Phi) is 4.16. The fraction of sp³-hybridized carbons (Fsp3) is 0.294. The molecule has 0 saturated heterocycles. The van der Waals surface area contributed by atoms with Crippen LogP contribution in [-0.4, -0.2) is 29.5 Å². The molecule has 1 fully saturated rings. The molecule has 0 unspecified atom stereocenters. The van der Waals surface area contributed by atoms with Crippen molar-refractivity contribution >= 4 is 11.6 Å². The highest BCUT2D eigenvalue weighted by molar-refractivity contribution is 5.99. The van der Waals surface area contributed by atoms with Gasteiger partial charge in [0.1, 0.15) is 5.56 Å². The Balaban J connectivity index is 1.78. The van der Waals surface area contributed by atoms with Crippen LogP contribution >= 0.6 is 0 Å². The number of nitro groups is 1. The maximum Gasteiger partial charge on any atom is 0.323 e. The predicted molar refractivity (Wildman–Crippen MR) is 87.1 cm³/mol. The Morgan fingerprint density at radius 3 is 2.71 bits per heavy atom. The van der Waals surface area contributed by atoms with E-state index < -0.39 is 10.8 Å². The molecule has 1 aliphatic rings. The number of hydrogen-bond acceptors (Lipinski definition) is 5. The summed E-state index contributed by atoms with van der Waals surface area (Å²) in [6, 6.07) is 10.1. The van der Waals surface area contributed by atoms with Crippen molar-refractivity contribution in [2.24, 2.45) is 0 Å². The molecular weight excluding hydrogens is 310 g/mol. The van der Waals surface area contributed by atoms with E-state index >= 15 is 0 Å². The van der Waals surface area contributed by atoms with Gasteiger partial charge in [-0.2, -0.15) is 0 Å². The molecule has 0 atom stereocenters. The van der Waals surface area contributed by atoms with Crippen molar-refractivity contribution < 1.29 is 14.5 Å². The van der Waals surface area contributed by atoms with Gasteiger partial charge in [-0.3, -0.25) is 19.9 Å². The zero-order valence-electron chi connectivity index (χ0n) is 13.2. The largest absolute Gasteiger partial charge is 0.490 e. The smallest absolute Gasteiger partial charge is 0.323 e. The van der Waals surface area contributed by atoms with Gasteiger partial charge in [-0.05, 0) is 37.1 Å². The summed E-state index contributed by atoms with van der Waals surface area (Å²) in [6.45, 7) is 0.400. The van der Waals surface area contributed by atoms with Crippen LogP contribution in [-0.2, 0) is 5.41 Å². The van der Waals surface area contributed by atoms with E-state index in [-0.39, 0.29) is 22.4 Å². The number of hydrogen-bond donors (Lipinski definition) is 1. The van der Waals surface area contributed by atoms with Gasteiger partial charge >= 0.3 is 5.69 Å². The van der Waals surface area contributed by atoms with E-state index in [0.29, 0.717) is 6.54 Å². The first-order chi connectivity index (χ1) is 11.6. The number of methoxy groups -OCH3 is 1. The van der Waals surface area contributed by atoms with Crippen LogP contribution in [0.4, 0.5) is 5.69 Å². The minimum absolute atomic E-state index is 0.00355. The van der Waals surface area contributed by atoms with Gasteiger partial charge in [-0.15, -0.1) is 0 Å². The second-order valence-corrected chi connectivity index (χ2v) is 5.79. The maximum atomic E-state index is 12.5. The van der Waals surface area contributed by atoms with E-state index in [2.05, 4.69) is 10.3 Å². The predicted octanol–water partition coefficient (Wildman–Crippen LogP) is 2.46. The van der Waals surface area contributed by atoms with Crippen LogP contribution in [0.5, 0.6) is 5.75 Å². The minimum Gasteiger partial charge on any atom is -0.490 e. The third kappa shape index (κ3) is 2.92. The molecule has 0 bridgehead atoms. The normalized spacial score (nSPS) is 14.7. The van der Waals surface area contributed by atoms with Crippen molar-refractivity contribution in [2.75, 3.05) is 13.7 Å². The Hall–Kier alpha value is -2.96. The lowest BCUT2D eigenvalue weighted by Crippen LogP contribution is -2.33. The molecule has 1 aliphatic carbocycles. The molecule has 1 aromatic heterocycles. The number of para-hydroxylation sites is 1. The second-order valence-electron chi connectivity index (χ2n) is 5.79. The number of rotatable bonds is 6. The average molecular weight is 327 g/mol. The van der Waals surface area contributed by atoms with E-state index in [1.165, 1.54) is 19.2 Å². The monoisotopic (exact) mass is 327 g/mol. The first-order valence-corrected chi connectivity index (χ1v) is 7.58. The van der Waals surface area contributed by atoms with E-state index in [1.807, 2.05) is 18.2 Å². The van der Waals surface area contributed by atoms with Crippen LogP contribution in [0.2, 0.25) is 0 Å². The fourth-order valence-corrected chi connectivity index (χ4v) is 2.75. The van der Waals surface area contributed by atoms with E-state index in [0.717, 1.165) is 18.5 Å². The van der Waals surface area contributed by atoms with Gasteiger partial charge in [0.05, 0.1) is 12.0 Å². The number of benzene rings is 1. The molecule has 1 amide bonds. The molecule has 24 heavy (non-hydrogen) atoms. The summed E-state index contributed by atoms with van der Waals surface area (Å²) >= 11 is 0. The SMILES string of the molecule is COc1cccc(C(=O)NCC2(c3ccccn3)CC2)c1[N+](=O)[O-]. The molecule has 124 valence electrons. The standard InChI is InChI=1S/C17H17N3O4/c1-24-13-6-4-5-12(15(13)20(22)23)16(21)19-11-17(8-9-17)14-7-2-3-10-18-14/h2-7,10H,8-9,11H2,1H3,(H,19,21). The quantitative estimate of drug-likeness (QED) is 0.649. The minimum atomic E-state index is -0.598. The number of pyridine rings is 1. The Morgan fingerprint density at radius 2 is 2.12 bits per heavy atom. The summed E-state index contributed by atoms with van der Waals surface area (Å²) in [7, 11) is 1.34. The molecule has 0 spiro atoms. The lowest BCUT2D eigenvalue weighted by atomic mass is 10.0. The summed E-state index contributed by atoms with van der Waals surface area (Å²) in [4.78, 5) is 27.5. The third-order valence-corrected chi connectivity index (χ3v) is 4.30. The summed E-state index contributed by atoms with van der Waals surface area (Å²) in [6.07, 6.45) is 3.60. The fourth-order valence-electron chi connectivity index (χ4n) is 2.75. The van der Waals surface area contributed by atoms with Crippen molar-refractivity contribution in [3.63, 3.8) is 0 Å². The lowest BCUT2D eigenvalue weighted by molar-refractivity contribution is -0.386. The number of nitrogens with one attached hydrogen (secondary N) is 1. The molecule has 3 rings (SSSR count). The lowest BCUT2D eigenvalue weighted by Gasteiger charge is -2.15.